The fourth-order valence-corrected chi connectivity index (χ4v) is 2.89. The highest BCUT2D eigenvalue weighted by atomic mass is 16.2. The number of nitrogens with one attached hydrogen (secondary N) is 2. The van der Waals surface area contributed by atoms with Gasteiger partial charge in [0.05, 0.1) is 0 Å². The third-order valence-electron chi connectivity index (χ3n) is 4.01. The normalized spacial score (nSPS) is 18.9. The molecule has 0 spiro atoms. The van der Waals surface area contributed by atoms with Crippen molar-refractivity contribution in [3.05, 3.63) is 40.6 Å². The standard InChI is InChI=1S/C14H19N5O2/c1-10-15-4-6-18(10)8-11-3-2-5-19(9-11)13(20)12-7-16-14(21)17-12/h4,6-7,11H,2-3,5,8-9H2,1H3,(H2,16,17,21)/t11-/m0/s1. The van der Waals surface area contributed by atoms with Crippen molar-refractivity contribution in [3.63, 3.8) is 0 Å². The van der Waals surface area contributed by atoms with Crippen molar-refractivity contribution in [2.24, 2.45) is 5.92 Å². The van der Waals surface area contributed by atoms with Crippen LogP contribution < -0.4 is 5.69 Å². The van der Waals surface area contributed by atoms with Crippen LogP contribution in [-0.2, 0) is 6.54 Å². The maximum atomic E-state index is 12.3. The number of nitrogens with zero attached hydrogens (tertiary/aromatic N) is 3. The summed E-state index contributed by atoms with van der Waals surface area (Å²) in [4.78, 5) is 34.5. The molecule has 2 aromatic rings. The molecule has 7 nitrogen and oxygen atoms in total. The number of imidazole rings is 2. The quantitative estimate of drug-likeness (QED) is 0.874. The fourth-order valence-electron chi connectivity index (χ4n) is 2.89. The second kappa shape index (κ2) is 5.59. The molecule has 0 saturated carbocycles. The summed E-state index contributed by atoms with van der Waals surface area (Å²) in [6.45, 7) is 4.31. The van der Waals surface area contributed by atoms with E-state index in [1.54, 1.807) is 6.20 Å². The van der Waals surface area contributed by atoms with E-state index < -0.39 is 0 Å². The largest absolute Gasteiger partial charge is 0.337 e. The molecule has 2 aromatic heterocycles. The van der Waals surface area contributed by atoms with Crippen LogP contribution in [0.25, 0.3) is 0 Å². The zero-order valence-electron chi connectivity index (χ0n) is 12.0. The maximum Gasteiger partial charge on any atom is 0.323 e. The van der Waals surface area contributed by atoms with Crippen LogP contribution in [0.4, 0.5) is 0 Å². The number of piperidine rings is 1. The summed E-state index contributed by atoms with van der Waals surface area (Å²) in [7, 11) is 0. The number of likely N-dealkylation sites (tertiary alicyclic amines) is 1. The van der Waals surface area contributed by atoms with Crippen molar-refractivity contribution in [1.29, 1.82) is 0 Å². The summed E-state index contributed by atoms with van der Waals surface area (Å²) in [5, 5.41) is 0. The SMILES string of the molecule is Cc1nccn1C[C@@H]1CCCN(C(=O)c2c[nH]c(=O)[nH]2)C1. The fraction of sp³-hybridized carbons (Fsp3) is 0.500. The van der Waals surface area contributed by atoms with Gasteiger partial charge in [-0.25, -0.2) is 9.78 Å². The summed E-state index contributed by atoms with van der Waals surface area (Å²) in [5.41, 5.74) is -0.0135. The van der Waals surface area contributed by atoms with Crippen LogP contribution in [-0.4, -0.2) is 43.4 Å². The van der Waals surface area contributed by atoms with Gasteiger partial charge in [0.1, 0.15) is 11.5 Å². The Morgan fingerprint density at radius 3 is 3.05 bits per heavy atom. The molecule has 1 aliphatic heterocycles. The summed E-state index contributed by atoms with van der Waals surface area (Å²) in [5.74, 6) is 1.30. The molecule has 0 aliphatic carbocycles. The minimum atomic E-state index is -0.346. The molecular formula is C14H19N5O2. The molecule has 3 rings (SSSR count). The number of carbonyl (C=O) groups is 1. The lowest BCUT2D eigenvalue weighted by Gasteiger charge is -2.32. The van der Waals surface area contributed by atoms with Crippen molar-refractivity contribution in [1.82, 2.24) is 24.4 Å². The lowest BCUT2D eigenvalue weighted by atomic mass is 9.97. The van der Waals surface area contributed by atoms with E-state index in [0.717, 1.165) is 31.8 Å². The van der Waals surface area contributed by atoms with Gasteiger partial charge < -0.3 is 19.4 Å². The number of hydrogen-bond acceptors (Lipinski definition) is 3. The molecule has 0 aromatic carbocycles. The van der Waals surface area contributed by atoms with Gasteiger partial charge in [0.25, 0.3) is 5.91 Å². The molecule has 1 amide bonds. The highest BCUT2D eigenvalue weighted by Crippen LogP contribution is 2.20. The summed E-state index contributed by atoms with van der Waals surface area (Å²) < 4.78 is 2.12. The zero-order chi connectivity index (χ0) is 14.8. The number of H-pyrrole nitrogens is 2. The molecule has 3 heterocycles. The first-order chi connectivity index (χ1) is 10.1. The maximum absolute atomic E-state index is 12.3. The molecule has 1 saturated heterocycles. The molecule has 1 fully saturated rings. The average Bonchev–Trinajstić information content (AvgIpc) is 3.08. The molecule has 21 heavy (non-hydrogen) atoms. The number of carbonyl (C=O) groups excluding carboxylic acids is 1. The van der Waals surface area contributed by atoms with E-state index in [9.17, 15) is 9.59 Å². The molecule has 7 heteroatoms. The van der Waals surface area contributed by atoms with Gasteiger partial charge in [-0.1, -0.05) is 0 Å². The number of amides is 1. The van der Waals surface area contributed by atoms with Crippen LogP contribution in [0, 0.1) is 12.8 Å². The third kappa shape index (κ3) is 2.91. The van der Waals surface area contributed by atoms with Crippen molar-refractivity contribution >= 4 is 5.91 Å². The second-order valence-electron chi connectivity index (χ2n) is 5.54. The monoisotopic (exact) mass is 289 g/mol. The van der Waals surface area contributed by atoms with E-state index in [4.69, 9.17) is 0 Å². The van der Waals surface area contributed by atoms with E-state index in [-0.39, 0.29) is 11.6 Å². The van der Waals surface area contributed by atoms with Gasteiger partial charge in [-0.2, -0.15) is 0 Å². The van der Waals surface area contributed by atoms with E-state index in [0.29, 0.717) is 18.2 Å². The first-order valence-corrected chi connectivity index (χ1v) is 7.18. The molecule has 1 aliphatic rings. The Morgan fingerprint density at radius 1 is 1.52 bits per heavy atom. The molecule has 0 radical (unpaired) electrons. The van der Waals surface area contributed by atoms with Crippen molar-refractivity contribution < 1.29 is 4.79 Å². The Balaban J connectivity index is 1.67. The van der Waals surface area contributed by atoms with Crippen LogP contribution >= 0.6 is 0 Å². The number of aryl methyl sites for hydroxylation is 1. The van der Waals surface area contributed by atoms with E-state index in [2.05, 4.69) is 19.5 Å². The van der Waals surface area contributed by atoms with E-state index >= 15 is 0 Å². The Kier molecular flexibility index (Phi) is 3.64. The Bertz CT molecular complexity index is 683. The number of rotatable bonds is 3. The number of hydrogen-bond donors (Lipinski definition) is 2. The minimum absolute atomic E-state index is 0.111. The zero-order valence-corrected chi connectivity index (χ0v) is 12.0. The van der Waals surface area contributed by atoms with Gasteiger partial charge >= 0.3 is 5.69 Å². The van der Waals surface area contributed by atoms with Gasteiger partial charge in [-0.15, -0.1) is 0 Å². The van der Waals surface area contributed by atoms with Crippen LogP contribution in [0.15, 0.2) is 23.4 Å². The number of aromatic nitrogens is 4. The van der Waals surface area contributed by atoms with E-state index in [1.807, 2.05) is 18.0 Å². The van der Waals surface area contributed by atoms with Gasteiger partial charge in [0.15, 0.2) is 0 Å². The molecule has 0 bridgehead atoms. The highest BCUT2D eigenvalue weighted by molar-refractivity contribution is 5.92. The van der Waals surface area contributed by atoms with Crippen molar-refractivity contribution in [2.45, 2.75) is 26.3 Å². The summed E-state index contributed by atoms with van der Waals surface area (Å²) >= 11 is 0. The molecule has 0 unspecified atom stereocenters. The van der Waals surface area contributed by atoms with Gasteiger partial charge in [0, 0.05) is 38.2 Å². The topological polar surface area (TPSA) is 86.8 Å². The third-order valence-corrected chi connectivity index (χ3v) is 4.01. The highest BCUT2D eigenvalue weighted by Gasteiger charge is 2.25. The van der Waals surface area contributed by atoms with Crippen LogP contribution in [0.3, 0.4) is 0 Å². The van der Waals surface area contributed by atoms with Crippen molar-refractivity contribution in [2.75, 3.05) is 13.1 Å². The lowest BCUT2D eigenvalue weighted by molar-refractivity contribution is 0.0656. The first-order valence-electron chi connectivity index (χ1n) is 7.18. The Morgan fingerprint density at radius 2 is 2.38 bits per heavy atom. The van der Waals surface area contributed by atoms with Gasteiger partial charge in [-0.3, -0.25) is 4.79 Å². The van der Waals surface area contributed by atoms with Gasteiger partial charge in [0.2, 0.25) is 0 Å². The minimum Gasteiger partial charge on any atom is -0.337 e. The summed E-state index contributed by atoms with van der Waals surface area (Å²) in [6.07, 6.45) is 7.30. The lowest BCUT2D eigenvalue weighted by Crippen LogP contribution is -2.41. The van der Waals surface area contributed by atoms with Crippen LogP contribution in [0.5, 0.6) is 0 Å². The average molecular weight is 289 g/mol. The molecular weight excluding hydrogens is 270 g/mol. The van der Waals surface area contributed by atoms with E-state index in [1.165, 1.54) is 6.20 Å². The van der Waals surface area contributed by atoms with Crippen LogP contribution in [0.2, 0.25) is 0 Å². The van der Waals surface area contributed by atoms with Crippen molar-refractivity contribution in [3.8, 4) is 0 Å². The predicted molar refractivity (Wildman–Crippen MR) is 77.0 cm³/mol. The Hall–Kier alpha value is -2.31. The molecule has 2 N–H and O–H groups in total. The second-order valence-corrected chi connectivity index (χ2v) is 5.54. The first kappa shape index (κ1) is 13.7. The number of aromatic amines is 2. The smallest absolute Gasteiger partial charge is 0.323 e. The Labute approximate surface area is 122 Å². The van der Waals surface area contributed by atoms with Gasteiger partial charge in [-0.05, 0) is 25.7 Å². The summed E-state index contributed by atoms with van der Waals surface area (Å²) in [6, 6.07) is 0. The predicted octanol–water partition coefficient (Wildman–Crippen LogP) is 0.760. The molecule has 1 atom stereocenters. The van der Waals surface area contributed by atoms with Crippen LogP contribution in [0.1, 0.15) is 29.2 Å². The molecule has 112 valence electrons.